The summed E-state index contributed by atoms with van der Waals surface area (Å²) in [5.41, 5.74) is 2.99. The molecule has 0 amide bonds. The summed E-state index contributed by atoms with van der Waals surface area (Å²) in [5.74, 6) is 0.454. The lowest BCUT2D eigenvalue weighted by molar-refractivity contribution is -0.136. The van der Waals surface area contributed by atoms with Crippen molar-refractivity contribution in [2.75, 3.05) is 6.61 Å². The first-order chi connectivity index (χ1) is 13.0. The molecule has 0 heterocycles. The minimum Gasteiger partial charge on any atom is -0.482 e. The molecule has 0 aromatic heterocycles. The molecule has 0 saturated carbocycles. The maximum Gasteiger partial charge on any atom is 0.349 e. The lowest BCUT2D eigenvalue weighted by atomic mass is 10.0. The van der Waals surface area contributed by atoms with E-state index < -0.39 is 5.97 Å². The summed E-state index contributed by atoms with van der Waals surface area (Å²) in [6.07, 6.45) is 0. The fourth-order valence-electron chi connectivity index (χ4n) is 2.59. The topological polar surface area (TPSA) is 52.6 Å². The number of ether oxygens (including phenoxy) is 2. The number of carbonyl (C=O) groups is 2. The standard InChI is InChI=1S/C23H20O4/c1-16-8-11-20(12-9-16)26-15-22(24)27-21-13-10-19(14-17(21)2)23(25)18-6-4-3-5-7-18/h3-14H,15H2,1-2H3. The number of aryl methyl sites for hydroxylation is 2. The molecular formula is C23H20O4. The van der Waals surface area contributed by atoms with Crippen LogP contribution in [-0.4, -0.2) is 18.4 Å². The van der Waals surface area contributed by atoms with Crippen LogP contribution in [-0.2, 0) is 4.79 Å². The summed E-state index contributed by atoms with van der Waals surface area (Å²) in [6, 6.07) is 21.5. The van der Waals surface area contributed by atoms with Gasteiger partial charge in [-0.15, -0.1) is 0 Å². The first kappa shape index (κ1) is 18.4. The Morgan fingerprint density at radius 1 is 0.815 bits per heavy atom. The molecular weight excluding hydrogens is 340 g/mol. The molecule has 0 radical (unpaired) electrons. The molecule has 4 heteroatoms. The van der Waals surface area contributed by atoms with Crippen LogP contribution >= 0.6 is 0 Å². The third kappa shape index (κ3) is 4.82. The van der Waals surface area contributed by atoms with E-state index in [1.54, 1.807) is 49.4 Å². The van der Waals surface area contributed by atoms with E-state index >= 15 is 0 Å². The summed E-state index contributed by atoms with van der Waals surface area (Å²) in [5, 5.41) is 0. The summed E-state index contributed by atoms with van der Waals surface area (Å²) < 4.78 is 10.8. The van der Waals surface area contributed by atoms with Crippen LogP contribution < -0.4 is 9.47 Å². The summed E-state index contributed by atoms with van der Waals surface area (Å²) in [4.78, 5) is 24.5. The van der Waals surface area contributed by atoms with Crippen LogP contribution in [0.2, 0.25) is 0 Å². The largest absolute Gasteiger partial charge is 0.482 e. The number of carbonyl (C=O) groups excluding carboxylic acids is 2. The summed E-state index contributed by atoms with van der Waals surface area (Å²) >= 11 is 0. The van der Waals surface area contributed by atoms with Crippen LogP contribution in [0.1, 0.15) is 27.0 Å². The Morgan fingerprint density at radius 3 is 2.19 bits per heavy atom. The molecule has 0 spiro atoms. The van der Waals surface area contributed by atoms with Crippen molar-refractivity contribution in [1.29, 1.82) is 0 Å². The molecule has 0 saturated heterocycles. The first-order valence-corrected chi connectivity index (χ1v) is 8.63. The average Bonchev–Trinajstić information content (AvgIpc) is 2.69. The maximum atomic E-state index is 12.5. The van der Waals surface area contributed by atoms with Gasteiger partial charge in [0.25, 0.3) is 0 Å². The van der Waals surface area contributed by atoms with Gasteiger partial charge in [-0.2, -0.15) is 0 Å². The Kier molecular flexibility index (Phi) is 5.67. The van der Waals surface area contributed by atoms with Crippen molar-refractivity contribution >= 4 is 11.8 Å². The molecule has 0 fully saturated rings. The van der Waals surface area contributed by atoms with E-state index in [-0.39, 0.29) is 12.4 Å². The second kappa shape index (κ2) is 8.32. The van der Waals surface area contributed by atoms with Crippen LogP contribution in [0.4, 0.5) is 0 Å². The molecule has 27 heavy (non-hydrogen) atoms. The smallest absolute Gasteiger partial charge is 0.349 e. The number of esters is 1. The molecule has 0 atom stereocenters. The molecule has 4 nitrogen and oxygen atoms in total. The predicted octanol–water partition coefficient (Wildman–Crippen LogP) is 4.52. The Bertz CT molecular complexity index is 944. The zero-order valence-corrected chi connectivity index (χ0v) is 15.3. The van der Waals surface area contributed by atoms with E-state index in [2.05, 4.69) is 0 Å². The Hall–Kier alpha value is -3.40. The van der Waals surface area contributed by atoms with Crippen LogP contribution in [0.5, 0.6) is 11.5 Å². The zero-order chi connectivity index (χ0) is 19.2. The van der Waals surface area contributed by atoms with Crippen LogP contribution in [0.15, 0.2) is 72.8 Å². The number of hydrogen-bond acceptors (Lipinski definition) is 4. The molecule has 0 N–H and O–H groups in total. The van der Waals surface area contributed by atoms with Gasteiger partial charge in [0, 0.05) is 11.1 Å². The molecule has 3 rings (SSSR count). The van der Waals surface area contributed by atoms with Crippen molar-refractivity contribution in [2.45, 2.75) is 13.8 Å². The van der Waals surface area contributed by atoms with Crippen LogP contribution in [0, 0.1) is 13.8 Å². The number of hydrogen-bond donors (Lipinski definition) is 0. The highest BCUT2D eigenvalue weighted by Gasteiger charge is 2.13. The quantitative estimate of drug-likeness (QED) is 0.368. The number of ketones is 1. The lowest BCUT2D eigenvalue weighted by Crippen LogP contribution is -2.18. The van der Waals surface area contributed by atoms with E-state index in [1.807, 2.05) is 37.3 Å². The summed E-state index contributed by atoms with van der Waals surface area (Å²) in [6.45, 7) is 3.59. The van der Waals surface area contributed by atoms with Crippen molar-refractivity contribution in [3.8, 4) is 11.5 Å². The monoisotopic (exact) mass is 360 g/mol. The predicted molar refractivity (Wildman–Crippen MR) is 103 cm³/mol. The van der Waals surface area contributed by atoms with Gasteiger partial charge in [-0.3, -0.25) is 4.79 Å². The van der Waals surface area contributed by atoms with Gasteiger partial charge in [0.2, 0.25) is 0 Å². The second-order valence-corrected chi connectivity index (χ2v) is 6.25. The number of rotatable bonds is 6. The van der Waals surface area contributed by atoms with Crippen LogP contribution in [0.25, 0.3) is 0 Å². The lowest BCUT2D eigenvalue weighted by Gasteiger charge is -2.10. The Morgan fingerprint density at radius 2 is 1.52 bits per heavy atom. The Labute approximate surface area is 158 Å². The highest BCUT2D eigenvalue weighted by Crippen LogP contribution is 2.21. The van der Waals surface area contributed by atoms with Gasteiger partial charge in [-0.25, -0.2) is 4.79 Å². The van der Waals surface area contributed by atoms with Crippen molar-refractivity contribution < 1.29 is 19.1 Å². The molecule has 0 aliphatic rings. The molecule has 3 aromatic rings. The minimum atomic E-state index is -0.499. The highest BCUT2D eigenvalue weighted by molar-refractivity contribution is 6.09. The van der Waals surface area contributed by atoms with Gasteiger partial charge in [-0.1, -0.05) is 48.0 Å². The summed E-state index contributed by atoms with van der Waals surface area (Å²) in [7, 11) is 0. The van der Waals surface area contributed by atoms with Crippen molar-refractivity contribution in [3.05, 3.63) is 95.1 Å². The minimum absolute atomic E-state index is 0.0701. The first-order valence-electron chi connectivity index (χ1n) is 8.63. The molecule has 0 aliphatic carbocycles. The normalized spacial score (nSPS) is 10.3. The van der Waals surface area contributed by atoms with Gasteiger partial charge in [0.1, 0.15) is 11.5 Å². The third-order valence-corrected chi connectivity index (χ3v) is 4.07. The SMILES string of the molecule is Cc1ccc(OCC(=O)Oc2ccc(C(=O)c3ccccc3)cc2C)cc1. The van der Waals surface area contributed by atoms with E-state index in [9.17, 15) is 9.59 Å². The van der Waals surface area contributed by atoms with Crippen molar-refractivity contribution in [1.82, 2.24) is 0 Å². The Balaban J connectivity index is 1.62. The highest BCUT2D eigenvalue weighted by atomic mass is 16.6. The van der Waals surface area contributed by atoms with Crippen LogP contribution in [0.3, 0.4) is 0 Å². The second-order valence-electron chi connectivity index (χ2n) is 6.25. The third-order valence-electron chi connectivity index (χ3n) is 4.07. The molecule has 0 unspecified atom stereocenters. The van der Waals surface area contributed by atoms with Crippen molar-refractivity contribution in [2.24, 2.45) is 0 Å². The van der Waals surface area contributed by atoms with Gasteiger partial charge in [0.05, 0.1) is 0 Å². The molecule has 3 aromatic carbocycles. The van der Waals surface area contributed by atoms with Gasteiger partial charge >= 0.3 is 5.97 Å². The fraction of sp³-hybridized carbons (Fsp3) is 0.130. The van der Waals surface area contributed by atoms with E-state index in [4.69, 9.17) is 9.47 Å². The van der Waals surface area contributed by atoms with Gasteiger partial charge in [-0.05, 0) is 49.7 Å². The molecule has 0 aliphatic heterocycles. The fourth-order valence-corrected chi connectivity index (χ4v) is 2.59. The average molecular weight is 360 g/mol. The van der Waals surface area contributed by atoms with E-state index in [1.165, 1.54) is 0 Å². The maximum absolute atomic E-state index is 12.5. The van der Waals surface area contributed by atoms with Gasteiger partial charge in [0.15, 0.2) is 12.4 Å². The zero-order valence-electron chi connectivity index (χ0n) is 15.3. The van der Waals surface area contributed by atoms with Crippen molar-refractivity contribution in [3.63, 3.8) is 0 Å². The van der Waals surface area contributed by atoms with E-state index in [0.717, 1.165) is 5.56 Å². The molecule has 0 bridgehead atoms. The number of benzene rings is 3. The van der Waals surface area contributed by atoms with Gasteiger partial charge < -0.3 is 9.47 Å². The van der Waals surface area contributed by atoms with E-state index in [0.29, 0.717) is 28.2 Å². The molecule has 136 valence electrons.